The quantitative estimate of drug-likeness (QED) is 0.467. The highest BCUT2D eigenvalue weighted by Crippen LogP contribution is 2.07. The monoisotopic (exact) mass is 222 g/mol. The van der Waals surface area contributed by atoms with E-state index in [4.69, 9.17) is 0 Å². The first-order valence-corrected chi connectivity index (χ1v) is 6.85. The van der Waals surface area contributed by atoms with E-state index in [-0.39, 0.29) is 0 Å². The lowest BCUT2D eigenvalue weighted by molar-refractivity contribution is 0.611. The van der Waals surface area contributed by atoms with Gasteiger partial charge in [0, 0.05) is 13.0 Å². The summed E-state index contributed by atoms with van der Waals surface area (Å²) in [6.07, 6.45) is 15.1. The fourth-order valence-corrected chi connectivity index (χ4v) is 1.94. The predicted octanol–water partition coefficient (Wildman–Crippen LogP) is 3.69. The van der Waals surface area contributed by atoms with Crippen LogP contribution in [0.4, 0.5) is 0 Å². The van der Waals surface area contributed by atoms with Crippen LogP contribution in [0.5, 0.6) is 0 Å². The van der Waals surface area contributed by atoms with Crippen molar-refractivity contribution in [1.82, 2.24) is 5.32 Å². The summed E-state index contributed by atoms with van der Waals surface area (Å²) in [7, 11) is 0. The van der Waals surface area contributed by atoms with E-state index in [0.29, 0.717) is 0 Å². The zero-order chi connectivity index (χ0) is 11.5. The second-order valence-electron chi connectivity index (χ2n) is 4.49. The summed E-state index contributed by atoms with van der Waals surface area (Å²) in [6.45, 7) is 4.25. The van der Waals surface area contributed by atoms with Gasteiger partial charge in [-0.05, 0) is 12.8 Å². The smallest absolute Gasteiger partial charge is 0.100 e. The molecule has 1 N–H and O–H groups in total. The van der Waals surface area contributed by atoms with Crippen LogP contribution in [0, 0.1) is 0 Å². The van der Waals surface area contributed by atoms with Crippen molar-refractivity contribution in [3.05, 3.63) is 12.2 Å². The summed E-state index contributed by atoms with van der Waals surface area (Å²) >= 11 is 0. The zero-order valence-corrected chi connectivity index (χ0v) is 10.7. The molecular formula is C14H26N2. The number of allylic oxidation sites excluding steroid dienone is 1. The van der Waals surface area contributed by atoms with Crippen LogP contribution in [0.3, 0.4) is 0 Å². The van der Waals surface area contributed by atoms with Crippen molar-refractivity contribution >= 4 is 5.84 Å². The third-order valence-electron chi connectivity index (χ3n) is 2.95. The minimum atomic E-state index is 0.959. The van der Waals surface area contributed by atoms with Crippen molar-refractivity contribution in [1.29, 1.82) is 0 Å². The van der Waals surface area contributed by atoms with Gasteiger partial charge >= 0.3 is 0 Å². The van der Waals surface area contributed by atoms with Crippen LogP contribution in [0.25, 0.3) is 0 Å². The molecule has 0 unspecified atom stereocenters. The second kappa shape index (κ2) is 9.44. The van der Waals surface area contributed by atoms with Crippen LogP contribution in [-0.4, -0.2) is 18.9 Å². The van der Waals surface area contributed by atoms with Crippen LogP contribution in [-0.2, 0) is 0 Å². The van der Waals surface area contributed by atoms with E-state index in [1.54, 1.807) is 0 Å². The normalized spacial score (nSPS) is 15.4. The Balaban J connectivity index is 1.84. The Hall–Kier alpha value is -0.790. The molecule has 0 atom stereocenters. The summed E-state index contributed by atoms with van der Waals surface area (Å²) in [6, 6.07) is 0. The number of hydrogen-bond acceptors (Lipinski definition) is 2. The first-order valence-electron chi connectivity index (χ1n) is 6.85. The maximum Gasteiger partial charge on any atom is 0.100 e. The molecule has 1 aliphatic heterocycles. The van der Waals surface area contributed by atoms with Crippen molar-refractivity contribution < 1.29 is 0 Å². The molecule has 0 amide bonds. The molecule has 1 aliphatic rings. The van der Waals surface area contributed by atoms with Crippen LogP contribution < -0.4 is 5.32 Å². The molecular weight excluding hydrogens is 196 g/mol. The van der Waals surface area contributed by atoms with E-state index in [9.17, 15) is 0 Å². The molecule has 0 radical (unpaired) electrons. The molecule has 0 aromatic heterocycles. The van der Waals surface area contributed by atoms with Gasteiger partial charge in [0.2, 0.25) is 0 Å². The number of aliphatic imine (C=N–C) groups is 1. The van der Waals surface area contributed by atoms with E-state index in [2.05, 4.69) is 29.4 Å². The van der Waals surface area contributed by atoms with Gasteiger partial charge in [-0.15, -0.1) is 0 Å². The maximum absolute atomic E-state index is 4.36. The van der Waals surface area contributed by atoms with E-state index >= 15 is 0 Å². The number of hydrogen-bond donors (Lipinski definition) is 1. The van der Waals surface area contributed by atoms with Crippen molar-refractivity contribution in [3.63, 3.8) is 0 Å². The summed E-state index contributed by atoms with van der Waals surface area (Å²) in [5.41, 5.74) is 0. The lowest BCUT2D eigenvalue weighted by atomic mass is 10.1. The number of nitrogens with one attached hydrogen (secondary N) is 1. The van der Waals surface area contributed by atoms with Gasteiger partial charge in [-0.2, -0.15) is 0 Å². The van der Waals surface area contributed by atoms with Gasteiger partial charge in [-0.1, -0.05) is 51.2 Å². The Morgan fingerprint density at radius 3 is 2.69 bits per heavy atom. The van der Waals surface area contributed by atoms with E-state index in [1.165, 1.54) is 50.8 Å². The number of rotatable bonds is 9. The van der Waals surface area contributed by atoms with Gasteiger partial charge in [0.15, 0.2) is 0 Å². The Labute approximate surface area is 100 Å². The number of nitrogens with zero attached hydrogens (tertiary/aromatic N) is 1. The fourth-order valence-electron chi connectivity index (χ4n) is 1.94. The first-order chi connectivity index (χ1) is 7.93. The molecule has 16 heavy (non-hydrogen) atoms. The molecule has 0 aliphatic carbocycles. The summed E-state index contributed by atoms with van der Waals surface area (Å²) < 4.78 is 0. The number of amidine groups is 1. The maximum atomic E-state index is 4.36. The van der Waals surface area contributed by atoms with Gasteiger partial charge in [-0.25, -0.2) is 0 Å². The predicted molar refractivity (Wildman–Crippen MR) is 72.1 cm³/mol. The standard InChI is InChI=1S/C14H26N2/c1-2-3-4-5-6-7-8-9-10-11-14-15-12-13-16-14/h9-10H,2-8,11-13H2,1H3,(H,15,16). The molecule has 0 bridgehead atoms. The molecule has 0 spiro atoms. The third-order valence-corrected chi connectivity index (χ3v) is 2.95. The molecule has 2 heteroatoms. The Morgan fingerprint density at radius 2 is 1.94 bits per heavy atom. The highest BCUT2D eigenvalue weighted by atomic mass is 15.1. The molecule has 0 saturated heterocycles. The Kier molecular flexibility index (Phi) is 7.83. The van der Waals surface area contributed by atoms with Crippen molar-refractivity contribution in [3.8, 4) is 0 Å². The van der Waals surface area contributed by atoms with Crippen molar-refractivity contribution in [2.24, 2.45) is 4.99 Å². The molecule has 2 nitrogen and oxygen atoms in total. The van der Waals surface area contributed by atoms with E-state index < -0.39 is 0 Å². The first kappa shape index (κ1) is 13.3. The highest BCUT2D eigenvalue weighted by molar-refractivity contribution is 5.84. The fraction of sp³-hybridized carbons (Fsp3) is 0.786. The molecule has 92 valence electrons. The summed E-state index contributed by atoms with van der Waals surface area (Å²) in [5, 5.41) is 3.28. The van der Waals surface area contributed by atoms with E-state index in [0.717, 1.165) is 19.5 Å². The Bertz CT molecular complexity index is 219. The van der Waals surface area contributed by atoms with Crippen molar-refractivity contribution in [2.75, 3.05) is 13.1 Å². The topological polar surface area (TPSA) is 24.4 Å². The summed E-state index contributed by atoms with van der Waals surface area (Å²) in [5.74, 6) is 1.17. The average Bonchev–Trinajstić information content (AvgIpc) is 2.80. The summed E-state index contributed by atoms with van der Waals surface area (Å²) in [4.78, 5) is 4.36. The third kappa shape index (κ3) is 6.65. The molecule has 1 rings (SSSR count). The second-order valence-corrected chi connectivity index (χ2v) is 4.49. The lowest BCUT2D eigenvalue weighted by Gasteiger charge is -1.98. The van der Waals surface area contributed by atoms with Crippen molar-refractivity contribution in [2.45, 2.75) is 58.3 Å². The minimum absolute atomic E-state index is 0.959. The zero-order valence-electron chi connectivity index (χ0n) is 10.7. The van der Waals surface area contributed by atoms with Crippen LogP contribution in [0.2, 0.25) is 0 Å². The Morgan fingerprint density at radius 1 is 1.12 bits per heavy atom. The molecule has 1 heterocycles. The lowest BCUT2D eigenvalue weighted by Crippen LogP contribution is -2.17. The molecule has 0 saturated carbocycles. The molecule has 0 fully saturated rings. The van der Waals surface area contributed by atoms with Gasteiger partial charge in [-0.3, -0.25) is 4.99 Å². The molecule has 0 aromatic carbocycles. The average molecular weight is 222 g/mol. The van der Waals surface area contributed by atoms with Crippen LogP contribution in [0.15, 0.2) is 17.1 Å². The van der Waals surface area contributed by atoms with E-state index in [1.807, 2.05) is 0 Å². The minimum Gasteiger partial charge on any atom is -0.372 e. The van der Waals surface area contributed by atoms with Gasteiger partial charge in [0.25, 0.3) is 0 Å². The SMILES string of the molecule is CCCCCCCCC=CCC1=NCCN1. The van der Waals surface area contributed by atoms with Crippen LogP contribution >= 0.6 is 0 Å². The van der Waals surface area contributed by atoms with Gasteiger partial charge < -0.3 is 5.32 Å². The van der Waals surface area contributed by atoms with Crippen LogP contribution in [0.1, 0.15) is 58.3 Å². The van der Waals surface area contributed by atoms with Gasteiger partial charge in [0.05, 0.1) is 6.54 Å². The molecule has 0 aromatic rings. The van der Waals surface area contributed by atoms with Gasteiger partial charge in [0.1, 0.15) is 5.84 Å². The largest absolute Gasteiger partial charge is 0.372 e. The number of unbranched alkanes of at least 4 members (excludes halogenated alkanes) is 6. The highest BCUT2D eigenvalue weighted by Gasteiger charge is 2.00.